The van der Waals surface area contributed by atoms with Crippen LogP contribution < -0.4 is 9.46 Å². The first kappa shape index (κ1) is 18.7. The molecule has 0 aliphatic heterocycles. The number of hydrogen-bond donors (Lipinski definition) is 2. The maximum absolute atomic E-state index is 12.6. The Bertz CT molecular complexity index is 1030. The van der Waals surface area contributed by atoms with E-state index in [2.05, 4.69) is 4.72 Å². The van der Waals surface area contributed by atoms with E-state index < -0.39 is 16.1 Å². The molecule has 0 aliphatic rings. The number of fused-ring (bicyclic) bond motifs is 1. The Labute approximate surface area is 157 Å². The quantitative estimate of drug-likeness (QED) is 0.674. The Morgan fingerprint density at radius 1 is 1.12 bits per heavy atom. The molecule has 1 atom stereocenters. The summed E-state index contributed by atoms with van der Waals surface area (Å²) < 4.78 is 32.7. The number of benzene rings is 3. The normalized spacial score (nSPS) is 12.9. The van der Waals surface area contributed by atoms with Crippen LogP contribution in [0.25, 0.3) is 10.8 Å². The van der Waals surface area contributed by atoms with Gasteiger partial charge >= 0.3 is 0 Å². The van der Waals surface area contributed by atoms with Crippen LogP contribution in [0.3, 0.4) is 0 Å². The molecule has 2 N–H and O–H groups in total. The van der Waals surface area contributed by atoms with Crippen molar-refractivity contribution in [2.75, 3.05) is 13.7 Å². The predicted octanol–water partition coefficient (Wildman–Crippen LogP) is 3.51. The molecule has 0 fully saturated rings. The molecule has 0 saturated carbocycles. The Morgan fingerprint density at radius 3 is 2.62 bits per heavy atom. The van der Waals surface area contributed by atoms with Crippen molar-refractivity contribution in [3.63, 3.8) is 0 Å². The van der Waals surface area contributed by atoms with Crippen LogP contribution in [-0.2, 0) is 10.0 Å². The number of ether oxygens (including phenoxy) is 1. The summed E-state index contributed by atoms with van der Waals surface area (Å²) in [5, 5.41) is 12.7. The van der Waals surface area contributed by atoms with Crippen LogP contribution in [0.1, 0.15) is 11.7 Å². The van der Waals surface area contributed by atoms with Crippen molar-refractivity contribution in [2.45, 2.75) is 11.0 Å². The number of aliphatic hydroxyl groups is 1. The summed E-state index contributed by atoms with van der Waals surface area (Å²) in [7, 11) is -2.52. The average Bonchev–Trinajstić information content (AvgIpc) is 2.65. The monoisotopic (exact) mass is 391 g/mol. The van der Waals surface area contributed by atoms with Crippen LogP contribution in [0, 0.1) is 0 Å². The molecule has 0 unspecified atom stereocenters. The van der Waals surface area contributed by atoms with Crippen LogP contribution in [-0.4, -0.2) is 27.2 Å². The van der Waals surface area contributed by atoms with Gasteiger partial charge in [0.1, 0.15) is 10.6 Å². The number of halogens is 1. The molecule has 0 heterocycles. The molecular formula is C19H18ClNO4S. The van der Waals surface area contributed by atoms with Gasteiger partial charge in [0, 0.05) is 11.6 Å². The van der Waals surface area contributed by atoms with E-state index in [0.717, 1.165) is 10.8 Å². The molecule has 136 valence electrons. The first-order chi connectivity index (χ1) is 12.4. The molecule has 26 heavy (non-hydrogen) atoms. The highest BCUT2D eigenvalue weighted by Crippen LogP contribution is 2.28. The van der Waals surface area contributed by atoms with Gasteiger partial charge < -0.3 is 9.84 Å². The summed E-state index contributed by atoms with van der Waals surface area (Å²) in [6, 6.07) is 17.5. The highest BCUT2D eigenvalue weighted by molar-refractivity contribution is 7.89. The van der Waals surface area contributed by atoms with Gasteiger partial charge in [0.05, 0.1) is 13.2 Å². The number of nitrogens with one attached hydrogen (secondary N) is 1. The van der Waals surface area contributed by atoms with Gasteiger partial charge in [-0.15, -0.1) is 0 Å². The predicted molar refractivity (Wildman–Crippen MR) is 102 cm³/mol. The fourth-order valence-electron chi connectivity index (χ4n) is 2.78. The molecule has 0 aliphatic carbocycles. The first-order valence-corrected chi connectivity index (χ1v) is 9.77. The second-order valence-electron chi connectivity index (χ2n) is 5.73. The van der Waals surface area contributed by atoms with Crippen molar-refractivity contribution in [3.8, 4) is 5.75 Å². The summed E-state index contributed by atoms with van der Waals surface area (Å²) in [6.45, 7) is -0.175. The van der Waals surface area contributed by atoms with Crippen molar-refractivity contribution in [2.24, 2.45) is 0 Å². The zero-order valence-corrected chi connectivity index (χ0v) is 15.6. The standard InChI is InChI=1S/C19H18ClNO4S/c1-25-18-10-9-14(20)11-19(18)26(23,24)21-12-17(22)16-8-4-6-13-5-2-3-7-15(13)16/h2-11,17,21-22H,12H2,1H3/t17-/m1/s1. The smallest absolute Gasteiger partial charge is 0.244 e. The summed E-state index contributed by atoms with van der Waals surface area (Å²) in [5.74, 6) is 0.182. The van der Waals surface area contributed by atoms with Crippen molar-refractivity contribution in [3.05, 3.63) is 71.2 Å². The molecule has 3 aromatic rings. The maximum atomic E-state index is 12.6. The van der Waals surface area contributed by atoms with E-state index in [1.165, 1.54) is 19.2 Å². The van der Waals surface area contributed by atoms with Gasteiger partial charge in [0.2, 0.25) is 10.0 Å². The third-order valence-electron chi connectivity index (χ3n) is 4.06. The largest absolute Gasteiger partial charge is 0.495 e. The number of aliphatic hydroxyl groups excluding tert-OH is 1. The average molecular weight is 392 g/mol. The van der Waals surface area contributed by atoms with E-state index in [0.29, 0.717) is 5.56 Å². The third-order valence-corrected chi connectivity index (χ3v) is 5.74. The summed E-state index contributed by atoms with van der Waals surface area (Å²) in [4.78, 5) is -0.0716. The Kier molecular flexibility index (Phi) is 5.48. The van der Waals surface area contributed by atoms with Crippen molar-refractivity contribution in [1.29, 1.82) is 0 Å². The van der Waals surface area contributed by atoms with Crippen LogP contribution >= 0.6 is 11.6 Å². The third kappa shape index (κ3) is 3.83. The minimum absolute atomic E-state index is 0.0716. The van der Waals surface area contributed by atoms with E-state index in [4.69, 9.17) is 16.3 Å². The highest BCUT2D eigenvalue weighted by Gasteiger charge is 2.22. The number of rotatable bonds is 6. The molecule has 3 aromatic carbocycles. The van der Waals surface area contributed by atoms with Crippen molar-refractivity contribution >= 4 is 32.4 Å². The molecule has 0 radical (unpaired) electrons. The van der Waals surface area contributed by atoms with Crippen molar-refractivity contribution in [1.82, 2.24) is 4.72 Å². The molecule has 7 heteroatoms. The molecule has 0 saturated heterocycles. The van der Waals surface area contributed by atoms with E-state index in [1.54, 1.807) is 12.1 Å². The number of methoxy groups -OCH3 is 1. The van der Waals surface area contributed by atoms with Gasteiger partial charge in [0.15, 0.2) is 0 Å². The Hall–Kier alpha value is -2.12. The van der Waals surface area contributed by atoms with Crippen LogP contribution in [0.15, 0.2) is 65.6 Å². The molecule has 5 nitrogen and oxygen atoms in total. The fourth-order valence-corrected chi connectivity index (χ4v) is 4.25. The topological polar surface area (TPSA) is 75.6 Å². The lowest BCUT2D eigenvalue weighted by atomic mass is 10.0. The molecule has 3 rings (SSSR count). The number of sulfonamides is 1. The van der Waals surface area contributed by atoms with Gasteiger partial charge in [-0.1, -0.05) is 54.1 Å². The van der Waals surface area contributed by atoms with Crippen LogP contribution in [0.2, 0.25) is 5.02 Å². The van der Waals surface area contributed by atoms with Gasteiger partial charge in [0.25, 0.3) is 0 Å². The van der Waals surface area contributed by atoms with Gasteiger partial charge in [-0.2, -0.15) is 0 Å². The molecule has 0 bridgehead atoms. The Balaban J connectivity index is 1.85. The fraction of sp³-hybridized carbons (Fsp3) is 0.158. The van der Waals surface area contributed by atoms with E-state index >= 15 is 0 Å². The van der Waals surface area contributed by atoms with Gasteiger partial charge in [-0.3, -0.25) is 0 Å². The molecule has 0 amide bonds. The van der Waals surface area contributed by atoms with E-state index in [-0.39, 0.29) is 22.2 Å². The molecule has 0 spiro atoms. The minimum atomic E-state index is -3.90. The van der Waals surface area contributed by atoms with E-state index in [1.807, 2.05) is 36.4 Å². The number of hydrogen-bond acceptors (Lipinski definition) is 4. The minimum Gasteiger partial charge on any atom is -0.495 e. The second kappa shape index (κ2) is 7.63. The highest BCUT2D eigenvalue weighted by atomic mass is 35.5. The summed E-state index contributed by atoms with van der Waals surface area (Å²) >= 11 is 5.91. The molecular weight excluding hydrogens is 374 g/mol. The van der Waals surface area contributed by atoms with E-state index in [9.17, 15) is 13.5 Å². The Morgan fingerprint density at radius 2 is 1.85 bits per heavy atom. The first-order valence-electron chi connectivity index (χ1n) is 7.91. The SMILES string of the molecule is COc1ccc(Cl)cc1S(=O)(=O)NC[C@@H](O)c1cccc2ccccc12. The zero-order valence-electron chi connectivity index (χ0n) is 14.0. The lowest BCUT2D eigenvalue weighted by Crippen LogP contribution is -2.29. The lowest BCUT2D eigenvalue weighted by Gasteiger charge is -2.16. The molecule has 0 aromatic heterocycles. The van der Waals surface area contributed by atoms with Gasteiger partial charge in [-0.05, 0) is 34.5 Å². The second-order valence-corrected chi connectivity index (χ2v) is 7.90. The van der Waals surface area contributed by atoms with Crippen LogP contribution in [0.4, 0.5) is 0 Å². The lowest BCUT2D eigenvalue weighted by molar-refractivity contribution is 0.183. The summed E-state index contributed by atoms with van der Waals surface area (Å²) in [5.41, 5.74) is 0.656. The maximum Gasteiger partial charge on any atom is 0.244 e. The summed E-state index contributed by atoms with van der Waals surface area (Å²) in [6.07, 6.45) is -0.999. The van der Waals surface area contributed by atoms with Gasteiger partial charge in [-0.25, -0.2) is 13.1 Å². The van der Waals surface area contributed by atoms with Crippen molar-refractivity contribution < 1.29 is 18.3 Å². The van der Waals surface area contributed by atoms with Crippen LogP contribution in [0.5, 0.6) is 5.75 Å². The zero-order chi connectivity index (χ0) is 18.7.